The van der Waals surface area contributed by atoms with Gasteiger partial charge in [-0.3, -0.25) is 0 Å². The summed E-state index contributed by atoms with van der Waals surface area (Å²) in [5, 5.41) is 5.77. The van der Waals surface area contributed by atoms with E-state index in [9.17, 15) is 0 Å². The highest BCUT2D eigenvalue weighted by molar-refractivity contribution is 5.96. The van der Waals surface area contributed by atoms with Crippen LogP contribution in [0.2, 0.25) is 0 Å². The Morgan fingerprint density at radius 1 is 1.06 bits per heavy atom. The fourth-order valence-electron chi connectivity index (χ4n) is 5.20. The number of piperidine rings is 1. The highest BCUT2D eigenvalue weighted by atomic mass is 16.5. The molecule has 33 heavy (non-hydrogen) atoms. The molecule has 174 valence electrons. The van der Waals surface area contributed by atoms with Crippen molar-refractivity contribution >= 4 is 16.6 Å². The molecule has 0 spiro atoms. The van der Waals surface area contributed by atoms with Gasteiger partial charge < -0.3 is 24.8 Å². The first-order chi connectivity index (χ1) is 16.2. The van der Waals surface area contributed by atoms with Gasteiger partial charge in [0.15, 0.2) is 0 Å². The Morgan fingerprint density at radius 2 is 1.88 bits per heavy atom. The molecule has 7 heteroatoms. The van der Waals surface area contributed by atoms with Crippen molar-refractivity contribution < 1.29 is 4.74 Å². The van der Waals surface area contributed by atoms with Gasteiger partial charge in [-0.2, -0.15) is 0 Å². The summed E-state index contributed by atoms with van der Waals surface area (Å²) in [5.74, 6) is 2.75. The molecule has 2 N–H and O–H groups in total. The molecule has 6 rings (SSSR count). The molecule has 3 fully saturated rings. The molecule has 0 atom stereocenters. The maximum Gasteiger partial charge on any atom is 0.132 e. The van der Waals surface area contributed by atoms with Crippen molar-refractivity contribution in [1.29, 1.82) is 0 Å². The maximum absolute atomic E-state index is 6.20. The molecule has 0 unspecified atom stereocenters. The number of hydrogen-bond acceptors (Lipinski definition) is 6. The molecule has 1 aromatic carbocycles. The van der Waals surface area contributed by atoms with Crippen LogP contribution in [0.4, 0.5) is 5.82 Å². The maximum atomic E-state index is 6.20. The first kappa shape index (κ1) is 20.9. The van der Waals surface area contributed by atoms with E-state index >= 15 is 0 Å². The van der Waals surface area contributed by atoms with Gasteiger partial charge >= 0.3 is 0 Å². The first-order valence-corrected chi connectivity index (χ1v) is 12.5. The molecule has 4 heterocycles. The van der Waals surface area contributed by atoms with Gasteiger partial charge in [-0.25, -0.2) is 9.97 Å². The fourth-order valence-corrected chi connectivity index (χ4v) is 5.20. The lowest BCUT2D eigenvalue weighted by Crippen LogP contribution is -2.47. The highest BCUT2D eigenvalue weighted by Gasteiger charge is 2.40. The van der Waals surface area contributed by atoms with E-state index in [0.717, 1.165) is 73.3 Å². The largest absolute Gasteiger partial charge is 0.488 e. The number of aromatic amines is 1. The zero-order valence-corrected chi connectivity index (χ0v) is 19.5. The Bertz CT molecular complexity index is 1110. The lowest BCUT2D eigenvalue weighted by atomic mass is 9.96. The topological polar surface area (TPSA) is 69.3 Å². The fraction of sp³-hybridized carbons (Fsp3) is 0.538. The summed E-state index contributed by atoms with van der Waals surface area (Å²) < 4.78 is 6.20. The van der Waals surface area contributed by atoms with Gasteiger partial charge in [-0.15, -0.1) is 0 Å². The summed E-state index contributed by atoms with van der Waals surface area (Å²) in [4.78, 5) is 17.7. The van der Waals surface area contributed by atoms with E-state index in [1.54, 1.807) is 6.33 Å². The van der Waals surface area contributed by atoms with E-state index in [4.69, 9.17) is 4.74 Å². The van der Waals surface area contributed by atoms with E-state index in [2.05, 4.69) is 67.5 Å². The molecule has 2 aliphatic heterocycles. The van der Waals surface area contributed by atoms with E-state index < -0.39 is 0 Å². The Balaban J connectivity index is 1.16. The molecule has 2 aromatic heterocycles. The lowest BCUT2D eigenvalue weighted by Gasteiger charge is -2.36. The highest BCUT2D eigenvalue weighted by Crippen LogP contribution is 2.41. The minimum atomic E-state index is 0.0171. The van der Waals surface area contributed by atoms with E-state index in [1.807, 2.05) is 0 Å². The van der Waals surface area contributed by atoms with Gasteiger partial charge in [0.1, 0.15) is 23.5 Å². The van der Waals surface area contributed by atoms with Gasteiger partial charge in [0, 0.05) is 68.8 Å². The molecule has 3 aromatic rings. The van der Waals surface area contributed by atoms with E-state index in [0.29, 0.717) is 0 Å². The number of rotatable bonds is 6. The third kappa shape index (κ3) is 4.57. The second-order valence-corrected chi connectivity index (χ2v) is 10.2. The lowest BCUT2D eigenvalue weighted by molar-refractivity contribution is 0.190. The molecule has 0 amide bonds. The van der Waals surface area contributed by atoms with Gasteiger partial charge in [0.25, 0.3) is 0 Å². The Hall–Kier alpha value is -2.64. The number of aromatic nitrogens is 3. The van der Waals surface area contributed by atoms with Gasteiger partial charge in [0.2, 0.25) is 0 Å². The van der Waals surface area contributed by atoms with Crippen molar-refractivity contribution in [3.63, 3.8) is 0 Å². The summed E-state index contributed by atoms with van der Waals surface area (Å²) in [6.45, 7) is 10.2. The summed E-state index contributed by atoms with van der Waals surface area (Å²) in [6, 6.07) is 8.48. The third-order valence-electron chi connectivity index (χ3n) is 7.56. The number of benzene rings is 1. The minimum Gasteiger partial charge on any atom is -0.488 e. The number of nitrogens with one attached hydrogen (secondary N) is 2. The average Bonchev–Trinajstić information content (AvgIpc) is 3.42. The summed E-state index contributed by atoms with van der Waals surface area (Å²) in [5.41, 5.74) is 1.99. The first-order valence-electron chi connectivity index (χ1n) is 12.5. The Labute approximate surface area is 195 Å². The molecule has 1 aliphatic carbocycles. The van der Waals surface area contributed by atoms with Crippen LogP contribution in [0.1, 0.15) is 32.6 Å². The van der Waals surface area contributed by atoms with Gasteiger partial charge in [-0.05, 0) is 56.7 Å². The van der Waals surface area contributed by atoms with Crippen LogP contribution >= 0.6 is 0 Å². The SMILES string of the molecule is CC1(Oc2ccc3c[nH]c(-c4cc(N5CCC(CN6CCNCC6)CC5)ncn4)c3c2)CC1. The van der Waals surface area contributed by atoms with E-state index in [-0.39, 0.29) is 5.60 Å². The van der Waals surface area contributed by atoms with Crippen LogP contribution in [0.3, 0.4) is 0 Å². The van der Waals surface area contributed by atoms with Crippen molar-refractivity contribution in [3.8, 4) is 17.1 Å². The zero-order chi connectivity index (χ0) is 22.3. The predicted molar refractivity (Wildman–Crippen MR) is 132 cm³/mol. The number of hydrogen-bond donors (Lipinski definition) is 2. The number of nitrogens with zero attached hydrogens (tertiary/aromatic N) is 4. The second kappa shape index (κ2) is 8.61. The monoisotopic (exact) mass is 446 g/mol. The van der Waals surface area contributed by atoms with Gasteiger partial charge in [-0.1, -0.05) is 0 Å². The minimum absolute atomic E-state index is 0.0171. The smallest absolute Gasteiger partial charge is 0.132 e. The quantitative estimate of drug-likeness (QED) is 0.602. The van der Waals surface area contributed by atoms with Crippen LogP contribution < -0.4 is 15.0 Å². The zero-order valence-electron chi connectivity index (χ0n) is 19.5. The van der Waals surface area contributed by atoms with Crippen molar-refractivity contribution in [2.45, 2.75) is 38.2 Å². The van der Waals surface area contributed by atoms with Crippen LogP contribution in [-0.4, -0.2) is 71.3 Å². The number of piperazine rings is 1. The standard InChI is InChI=1S/C26H34N6O/c1-26(6-7-26)33-21-3-2-20-16-28-25(22(20)14-21)23-15-24(30-18-29-23)32-10-4-19(5-11-32)17-31-12-8-27-9-13-31/h2-3,14-16,18-19,27-28H,4-13,17H2,1H3. The summed E-state index contributed by atoms with van der Waals surface area (Å²) in [7, 11) is 0. The summed E-state index contributed by atoms with van der Waals surface area (Å²) in [6.07, 6.45) is 8.48. The van der Waals surface area contributed by atoms with Crippen LogP contribution in [0.5, 0.6) is 5.75 Å². The van der Waals surface area contributed by atoms with Crippen LogP contribution in [0.15, 0.2) is 36.8 Å². The van der Waals surface area contributed by atoms with Gasteiger partial charge in [0.05, 0.1) is 11.4 Å². The van der Waals surface area contributed by atoms with E-state index in [1.165, 1.54) is 37.9 Å². The van der Waals surface area contributed by atoms with Crippen molar-refractivity contribution in [2.75, 3.05) is 50.7 Å². The molecular formula is C26H34N6O. The average molecular weight is 447 g/mol. The second-order valence-electron chi connectivity index (χ2n) is 10.2. The van der Waals surface area contributed by atoms with Crippen LogP contribution in [0, 0.1) is 5.92 Å². The molecule has 0 bridgehead atoms. The van der Waals surface area contributed by atoms with Crippen LogP contribution in [-0.2, 0) is 0 Å². The van der Waals surface area contributed by atoms with Crippen LogP contribution in [0.25, 0.3) is 22.2 Å². The molecule has 0 radical (unpaired) electrons. The third-order valence-corrected chi connectivity index (χ3v) is 7.56. The summed E-state index contributed by atoms with van der Waals surface area (Å²) >= 11 is 0. The number of ether oxygens (including phenoxy) is 1. The Morgan fingerprint density at radius 3 is 2.67 bits per heavy atom. The molecule has 3 aliphatic rings. The molecular weight excluding hydrogens is 412 g/mol. The predicted octanol–water partition coefficient (Wildman–Crippen LogP) is 3.68. The Kier molecular flexibility index (Phi) is 5.46. The van der Waals surface area contributed by atoms with Crippen molar-refractivity contribution in [3.05, 3.63) is 36.8 Å². The molecule has 7 nitrogen and oxygen atoms in total. The molecule has 2 saturated heterocycles. The number of anilines is 1. The number of H-pyrrole nitrogens is 1. The normalized spacial score (nSPS) is 21.4. The molecule has 1 saturated carbocycles. The van der Waals surface area contributed by atoms with Crippen molar-refractivity contribution in [1.82, 2.24) is 25.2 Å². The van der Waals surface area contributed by atoms with Crippen molar-refractivity contribution in [2.24, 2.45) is 5.92 Å². The number of fused-ring (bicyclic) bond motifs is 1.